The summed E-state index contributed by atoms with van der Waals surface area (Å²) in [4.78, 5) is 11.4. The Morgan fingerprint density at radius 3 is 2.68 bits per heavy atom. The van der Waals surface area contributed by atoms with Crippen LogP contribution in [0.1, 0.15) is 26.3 Å². The van der Waals surface area contributed by atoms with Gasteiger partial charge < -0.3 is 14.8 Å². The van der Waals surface area contributed by atoms with Gasteiger partial charge in [-0.15, -0.1) is 0 Å². The van der Waals surface area contributed by atoms with Crippen LogP contribution in [0.4, 0.5) is 4.79 Å². The molecule has 0 atom stereocenters. The molecule has 1 aromatic rings. The van der Waals surface area contributed by atoms with E-state index in [0.717, 1.165) is 5.56 Å². The second-order valence-corrected chi connectivity index (χ2v) is 5.62. The quantitative estimate of drug-likeness (QED) is 0.861. The number of hydrogen-bond donors (Lipinski definition) is 1. The number of nitrogens with one attached hydrogen (secondary N) is 1. The van der Waals surface area contributed by atoms with E-state index in [1.165, 1.54) is 0 Å². The third-order valence-corrected chi connectivity index (χ3v) is 2.43. The van der Waals surface area contributed by atoms with Gasteiger partial charge in [-0.3, -0.25) is 0 Å². The lowest BCUT2D eigenvalue weighted by molar-refractivity contribution is 0.0520. The lowest BCUT2D eigenvalue weighted by Gasteiger charge is -2.19. The first-order chi connectivity index (χ1) is 8.78. The molecule has 106 valence electrons. The summed E-state index contributed by atoms with van der Waals surface area (Å²) in [6, 6.07) is 5.55. The molecule has 0 spiro atoms. The van der Waals surface area contributed by atoms with Crippen molar-refractivity contribution in [3.63, 3.8) is 0 Å². The van der Waals surface area contributed by atoms with E-state index < -0.39 is 11.7 Å². The molecule has 4 nitrogen and oxygen atoms in total. The number of benzene rings is 1. The Morgan fingerprint density at radius 2 is 2.05 bits per heavy atom. The number of aryl methyl sites for hydroxylation is 1. The first-order valence-electron chi connectivity index (χ1n) is 6.14. The first-order valence-corrected chi connectivity index (χ1v) is 6.51. The fraction of sp³-hybridized carbons (Fsp3) is 0.500. The van der Waals surface area contributed by atoms with E-state index in [1.54, 1.807) is 6.07 Å². The number of alkyl carbamates (subject to hydrolysis) is 1. The molecule has 0 radical (unpaired) electrons. The zero-order valence-corrected chi connectivity index (χ0v) is 12.5. The maximum absolute atomic E-state index is 11.4. The molecule has 19 heavy (non-hydrogen) atoms. The second kappa shape index (κ2) is 6.66. The molecule has 1 aromatic carbocycles. The van der Waals surface area contributed by atoms with Crippen LogP contribution in [0, 0.1) is 6.92 Å². The Morgan fingerprint density at radius 1 is 1.37 bits per heavy atom. The van der Waals surface area contributed by atoms with Crippen LogP contribution in [0.2, 0.25) is 5.02 Å². The van der Waals surface area contributed by atoms with Crippen molar-refractivity contribution in [2.45, 2.75) is 33.3 Å². The molecule has 0 aliphatic rings. The van der Waals surface area contributed by atoms with Crippen molar-refractivity contribution >= 4 is 17.7 Å². The summed E-state index contributed by atoms with van der Waals surface area (Å²) in [5.74, 6) is 0.618. The minimum absolute atomic E-state index is 0.336. The minimum atomic E-state index is -0.495. The van der Waals surface area contributed by atoms with Gasteiger partial charge in [0.15, 0.2) is 0 Å². The predicted molar refractivity (Wildman–Crippen MR) is 75.9 cm³/mol. The molecular formula is C14H20ClNO3. The van der Waals surface area contributed by atoms with Crippen molar-refractivity contribution in [2.24, 2.45) is 0 Å². The smallest absolute Gasteiger partial charge is 0.407 e. The summed E-state index contributed by atoms with van der Waals surface area (Å²) >= 11 is 5.99. The van der Waals surface area contributed by atoms with E-state index in [1.807, 2.05) is 39.8 Å². The molecule has 0 unspecified atom stereocenters. The van der Waals surface area contributed by atoms with Gasteiger partial charge in [0.25, 0.3) is 0 Å². The summed E-state index contributed by atoms with van der Waals surface area (Å²) < 4.78 is 10.6. The van der Waals surface area contributed by atoms with Gasteiger partial charge in [0.05, 0.1) is 11.6 Å². The third-order valence-electron chi connectivity index (χ3n) is 2.11. The Kier molecular flexibility index (Phi) is 5.48. The number of halogens is 1. The maximum Gasteiger partial charge on any atom is 0.407 e. The van der Waals surface area contributed by atoms with E-state index in [9.17, 15) is 4.79 Å². The number of carbonyl (C=O) groups is 1. The highest BCUT2D eigenvalue weighted by Gasteiger charge is 2.15. The van der Waals surface area contributed by atoms with Crippen LogP contribution in [-0.4, -0.2) is 24.8 Å². The normalized spacial score (nSPS) is 11.0. The van der Waals surface area contributed by atoms with Gasteiger partial charge in [0.2, 0.25) is 0 Å². The number of carbonyl (C=O) groups excluding carboxylic acids is 1. The van der Waals surface area contributed by atoms with E-state index in [2.05, 4.69) is 5.32 Å². The first kappa shape index (κ1) is 15.6. The fourth-order valence-corrected chi connectivity index (χ4v) is 1.52. The van der Waals surface area contributed by atoms with Crippen molar-refractivity contribution in [3.8, 4) is 5.75 Å². The summed E-state index contributed by atoms with van der Waals surface area (Å²) in [7, 11) is 0. The molecule has 0 saturated carbocycles. The summed E-state index contributed by atoms with van der Waals surface area (Å²) in [6.07, 6.45) is -0.452. The molecular weight excluding hydrogens is 266 g/mol. The zero-order chi connectivity index (χ0) is 14.5. The van der Waals surface area contributed by atoms with Gasteiger partial charge in [-0.2, -0.15) is 0 Å². The summed E-state index contributed by atoms with van der Waals surface area (Å²) in [5, 5.41) is 3.17. The van der Waals surface area contributed by atoms with E-state index in [4.69, 9.17) is 21.1 Å². The highest BCUT2D eigenvalue weighted by atomic mass is 35.5. The van der Waals surface area contributed by atoms with Crippen LogP contribution in [0.5, 0.6) is 5.75 Å². The highest BCUT2D eigenvalue weighted by molar-refractivity contribution is 6.32. The van der Waals surface area contributed by atoms with Gasteiger partial charge in [-0.1, -0.05) is 17.7 Å². The maximum atomic E-state index is 11.4. The van der Waals surface area contributed by atoms with Gasteiger partial charge in [0.1, 0.15) is 18.0 Å². The van der Waals surface area contributed by atoms with Crippen LogP contribution >= 0.6 is 11.6 Å². The molecule has 0 aliphatic heterocycles. The Balaban J connectivity index is 2.31. The SMILES string of the molecule is Cc1ccc(Cl)c(OCCNC(=O)OC(C)(C)C)c1. The number of rotatable bonds is 4. The largest absolute Gasteiger partial charge is 0.490 e. The van der Waals surface area contributed by atoms with Crippen LogP contribution in [0.15, 0.2) is 18.2 Å². The Hall–Kier alpha value is -1.42. The molecule has 1 N–H and O–H groups in total. The molecule has 1 amide bonds. The second-order valence-electron chi connectivity index (χ2n) is 5.21. The minimum Gasteiger partial charge on any atom is -0.490 e. The van der Waals surface area contributed by atoms with E-state index in [-0.39, 0.29) is 0 Å². The van der Waals surface area contributed by atoms with Crippen molar-refractivity contribution in [2.75, 3.05) is 13.2 Å². The predicted octanol–water partition coefficient (Wildman–Crippen LogP) is 3.55. The number of amides is 1. The molecule has 0 aliphatic carbocycles. The number of hydrogen-bond acceptors (Lipinski definition) is 3. The molecule has 5 heteroatoms. The van der Waals surface area contributed by atoms with Crippen LogP contribution in [0.3, 0.4) is 0 Å². The monoisotopic (exact) mass is 285 g/mol. The van der Waals surface area contributed by atoms with Crippen LogP contribution in [0.25, 0.3) is 0 Å². The average molecular weight is 286 g/mol. The Bertz CT molecular complexity index is 441. The fourth-order valence-electron chi connectivity index (χ4n) is 1.35. The van der Waals surface area contributed by atoms with Gasteiger partial charge in [0, 0.05) is 0 Å². The number of ether oxygens (including phenoxy) is 2. The molecule has 1 rings (SSSR count). The molecule has 0 bridgehead atoms. The highest BCUT2D eigenvalue weighted by Crippen LogP contribution is 2.24. The van der Waals surface area contributed by atoms with Crippen molar-refractivity contribution in [3.05, 3.63) is 28.8 Å². The van der Waals surface area contributed by atoms with Gasteiger partial charge in [-0.25, -0.2) is 4.79 Å². The molecule has 0 fully saturated rings. The zero-order valence-electron chi connectivity index (χ0n) is 11.7. The summed E-state index contributed by atoms with van der Waals surface area (Å²) in [5.41, 5.74) is 0.574. The van der Waals surface area contributed by atoms with Crippen molar-refractivity contribution in [1.82, 2.24) is 5.32 Å². The third kappa shape index (κ3) is 6.34. The topological polar surface area (TPSA) is 47.6 Å². The summed E-state index contributed by atoms with van der Waals surface area (Å²) in [6.45, 7) is 8.10. The van der Waals surface area contributed by atoms with E-state index in [0.29, 0.717) is 23.9 Å². The standard InChI is InChI=1S/C14H20ClNO3/c1-10-5-6-11(15)12(9-10)18-8-7-16-13(17)19-14(2,3)4/h5-6,9H,7-8H2,1-4H3,(H,16,17). The molecule has 0 aromatic heterocycles. The average Bonchev–Trinajstić information content (AvgIpc) is 2.26. The van der Waals surface area contributed by atoms with Gasteiger partial charge in [-0.05, 0) is 45.4 Å². The molecule has 0 heterocycles. The van der Waals surface area contributed by atoms with Gasteiger partial charge >= 0.3 is 6.09 Å². The van der Waals surface area contributed by atoms with Crippen LogP contribution in [-0.2, 0) is 4.74 Å². The molecule has 0 saturated heterocycles. The Labute approximate surface area is 119 Å². The lowest BCUT2D eigenvalue weighted by atomic mass is 10.2. The lowest BCUT2D eigenvalue weighted by Crippen LogP contribution is -2.34. The van der Waals surface area contributed by atoms with Crippen molar-refractivity contribution in [1.29, 1.82) is 0 Å². The van der Waals surface area contributed by atoms with Crippen LogP contribution < -0.4 is 10.1 Å². The van der Waals surface area contributed by atoms with E-state index >= 15 is 0 Å². The van der Waals surface area contributed by atoms with Crippen molar-refractivity contribution < 1.29 is 14.3 Å².